The van der Waals surface area contributed by atoms with Crippen LogP contribution in [0.15, 0.2) is 60.9 Å². The zero-order chi connectivity index (χ0) is 17.6. The van der Waals surface area contributed by atoms with Crippen LogP contribution in [-0.4, -0.2) is 15.9 Å². The lowest BCUT2D eigenvalue weighted by atomic mass is 10.1. The minimum atomic E-state index is -0.261. The average Bonchev–Trinajstić information content (AvgIpc) is 2.60. The van der Waals surface area contributed by atoms with Crippen LogP contribution in [0.4, 0.5) is 11.5 Å². The molecule has 2 aromatic carbocycles. The first-order valence-corrected chi connectivity index (χ1v) is 8.16. The second-order valence-electron chi connectivity index (χ2n) is 5.59. The second-order valence-corrected chi connectivity index (χ2v) is 6.03. The van der Waals surface area contributed by atoms with Crippen molar-refractivity contribution in [3.05, 3.63) is 82.8 Å². The lowest BCUT2D eigenvalue weighted by molar-refractivity contribution is 0.0945. The molecule has 6 heteroatoms. The largest absolute Gasteiger partial charge is 0.347 e. The van der Waals surface area contributed by atoms with E-state index < -0.39 is 0 Å². The first kappa shape index (κ1) is 16.9. The molecule has 0 unspecified atom stereocenters. The van der Waals surface area contributed by atoms with Gasteiger partial charge in [-0.05, 0) is 30.7 Å². The number of rotatable bonds is 5. The number of aryl methyl sites for hydroxylation is 1. The molecule has 0 bridgehead atoms. The number of aromatic nitrogens is 2. The van der Waals surface area contributed by atoms with E-state index in [1.165, 1.54) is 12.4 Å². The molecule has 1 heterocycles. The highest BCUT2D eigenvalue weighted by molar-refractivity contribution is 6.30. The first-order chi connectivity index (χ1) is 12.1. The van der Waals surface area contributed by atoms with Crippen LogP contribution in [0.2, 0.25) is 5.02 Å². The Hall–Kier alpha value is -2.92. The van der Waals surface area contributed by atoms with Crippen molar-refractivity contribution in [2.75, 3.05) is 5.32 Å². The first-order valence-electron chi connectivity index (χ1n) is 7.78. The standard InChI is InChI=1S/C19H17ClN4O/c1-13-4-2-5-14(8-13)10-23-19(25)17-11-22-18(12-21-17)24-16-7-3-6-15(20)9-16/h2-9,11-12H,10H2,1H3,(H,22,24)(H,23,25). The highest BCUT2D eigenvalue weighted by Crippen LogP contribution is 2.18. The van der Waals surface area contributed by atoms with Gasteiger partial charge in [-0.1, -0.05) is 47.5 Å². The van der Waals surface area contributed by atoms with E-state index in [1.54, 1.807) is 12.1 Å². The summed E-state index contributed by atoms with van der Waals surface area (Å²) in [5.74, 6) is 0.279. The van der Waals surface area contributed by atoms with Gasteiger partial charge in [0.25, 0.3) is 5.91 Å². The fourth-order valence-corrected chi connectivity index (χ4v) is 2.51. The Morgan fingerprint density at radius 3 is 2.64 bits per heavy atom. The van der Waals surface area contributed by atoms with E-state index in [9.17, 15) is 4.79 Å². The number of halogens is 1. The number of hydrogen-bond donors (Lipinski definition) is 2. The molecule has 0 atom stereocenters. The van der Waals surface area contributed by atoms with Gasteiger partial charge in [-0.2, -0.15) is 0 Å². The lowest BCUT2D eigenvalue weighted by Crippen LogP contribution is -2.24. The molecule has 0 radical (unpaired) electrons. The van der Waals surface area contributed by atoms with Crippen molar-refractivity contribution in [2.24, 2.45) is 0 Å². The summed E-state index contributed by atoms with van der Waals surface area (Å²) in [6.07, 6.45) is 2.96. The summed E-state index contributed by atoms with van der Waals surface area (Å²) in [7, 11) is 0. The molecule has 1 amide bonds. The van der Waals surface area contributed by atoms with E-state index in [0.29, 0.717) is 17.4 Å². The molecule has 3 aromatic rings. The molecule has 1 aromatic heterocycles. The molecule has 126 valence electrons. The van der Waals surface area contributed by atoms with E-state index in [1.807, 2.05) is 43.3 Å². The summed E-state index contributed by atoms with van der Waals surface area (Å²) < 4.78 is 0. The van der Waals surface area contributed by atoms with Crippen LogP contribution in [0.5, 0.6) is 0 Å². The Kier molecular flexibility index (Phi) is 5.26. The van der Waals surface area contributed by atoms with Crippen molar-refractivity contribution < 1.29 is 4.79 Å². The molecule has 2 N–H and O–H groups in total. The number of nitrogens with zero attached hydrogens (tertiary/aromatic N) is 2. The number of amides is 1. The van der Waals surface area contributed by atoms with Gasteiger partial charge in [0.15, 0.2) is 0 Å². The van der Waals surface area contributed by atoms with Crippen molar-refractivity contribution in [3.63, 3.8) is 0 Å². The minimum Gasteiger partial charge on any atom is -0.347 e. The summed E-state index contributed by atoms with van der Waals surface area (Å²) in [5, 5.41) is 6.55. The fraction of sp³-hybridized carbons (Fsp3) is 0.105. The number of carbonyl (C=O) groups excluding carboxylic acids is 1. The normalized spacial score (nSPS) is 10.3. The summed E-state index contributed by atoms with van der Waals surface area (Å²) >= 11 is 5.94. The molecule has 0 saturated heterocycles. The third-order valence-electron chi connectivity index (χ3n) is 3.52. The Morgan fingerprint density at radius 2 is 1.92 bits per heavy atom. The van der Waals surface area contributed by atoms with Gasteiger partial charge in [-0.3, -0.25) is 4.79 Å². The maximum Gasteiger partial charge on any atom is 0.271 e. The van der Waals surface area contributed by atoms with Crippen LogP contribution in [0.25, 0.3) is 0 Å². The predicted molar refractivity (Wildman–Crippen MR) is 99.1 cm³/mol. The number of nitrogens with one attached hydrogen (secondary N) is 2. The molecular formula is C19H17ClN4O. The van der Waals surface area contributed by atoms with Gasteiger partial charge in [-0.25, -0.2) is 9.97 Å². The van der Waals surface area contributed by atoms with E-state index in [-0.39, 0.29) is 11.6 Å². The molecule has 25 heavy (non-hydrogen) atoms. The van der Waals surface area contributed by atoms with Crippen LogP contribution >= 0.6 is 11.6 Å². The van der Waals surface area contributed by atoms with E-state index >= 15 is 0 Å². The number of hydrogen-bond acceptors (Lipinski definition) is 4. The highest BCUT2D eigenvalue weighted by atomic mass is 35.5. The minimum absolute atomic E-state index is 0.261. The van der Waals surface area contributed by atoms with Gasteiger partial charge in [0.1, 0.15) is 11.5 Å². The zero-order valence-electron chi connectivity index (χ0n) is 13.7. The van der Waals surface area contributed by atoms with Crippen molar-refractivity contribution >= 4 is 29.0 Å². The summed E-state index contributed by atoms with van der Waals surface area (Å²) in [5.41, 5.74) is 3.27. The zero-order valence-corrected chi connectivity index (χ0v) is 14.4. The third-order valence-corrected chi connectivity index (χ3v) is 3.75. The van der Waals surface area contributed by atoms with Crippen LogP contribution in [0.1, 0.15) is 21.6 Å². The Labute approximate surface area is 151 Å². The summed E-state index contributed by atoms with van der Waals surface area (Å²) in [6.45, 7) is 2.47. The monoisotopic (exact) mass is 352 g/mol. The van der Waals surface area contributed by atoms with E-state index in [4.69, 9.17) is 11.6 Å². The maximum atomic E-state index is 12.2. The quantitative estimate of drug-likeness (QED) is 0.725. The van der Waals surface area contributed by atoms with E-state index in [0.717, 1.165) is 16.8 Å². The molecule has 3 rings (SSSR count). The third kappa shape index (κ3) is 4.78. The molecule has 0 saturated carbocycles. The smallest absolute Gasteiger partial charge is 0.271 e. The molecule has 0 aliphatic heterocycles. The molecule has 0 fully saturated rings. The molecule has 5 nitrogen and oxygen atoms in total. The number of carbonyl (C=O) groups is 1. The molecular weight excluding hydrogens is 336 g/mol. The van der Waals surface area contributed by atoms with Crippen molar-refractivity contribution in [2.45, 2.75) is 13.5 Å². The number of benzene rings is 2. The molecule has 0 aliphatic rings. The van der Waals surface area contributed by atoms with Crippen molar-refractivity contribution in [1.29, 1.82) is 0 Å². The lowest BCUT2D eigenvalue weighted by Gasteiger charge is -2.07. The Balaban J connectivity index is 1.60. The molecule has 0 aliphatic carbocycles. The summed E-state index contributed by atoms with van der Waals surface area (Å²) in [6, 6.07) is 15.3. The average molecular weight is 353 g/mol. The SMILES string of the molecule is Cc1cccc(CNC(=O)c2cnc(Nc3cccc(Cl)c3)cn2)c1. The topological polar surface area (TPSA) is 66.9 Å². The second kappa shape index (κ2) is 7.77. The van der Waals surface area contributed by atoms with E-state index in [2.05, 4.69) is 20.6 Å². The Morgan fingerprint density at radius 1 is 1.08 bits per heavy atom. The van der Waals surface area contributed by atoms with Gasteiger partial charge in [-0.15, -0.1) is 0 Å². The van der Waals surface area contributed by atoms with Crippen LogP contribution in [0.3, 0.4) is 0 Å². The van der Waals surface area contributed by atoms with Crippen molar-refractivity contribution in [1.82, 2.24) is 15.3 Å². The number of anilines is 2. The Bertz CT molecular complexity index is 881. The van der Waals surface area contributed by atoms with Gasteiger partial charge < -0.3 is 10.6 Å². The fourth-order valence-electron chi connectivity index (χ4n) is 2.32. The predicted octanol–water partition coefficient (Wildman–Crippen LogP) is 4.11. The summed E-state index contributed by atoms with van der Waals surface area (Å²) in [4.78, 5) is 20.5. The van der Waals surface area contributed by atoms with Crippen molar-refractivity contribution in [3.8, 4) is 0 Å². The van der Waals surface area contributed by atoms with Gasteiger partial charge in [0.05, 0.1) is 12.4 Å². The van der Waals surface area contributed by atoms with Gasteiger partial charge in [0.2, 0.25) is 0 Å². The highest BCUT2D eigenvalue weighted by Gasteiger charge is 2.08. The van der Waals surface area contributed by atoms with Crippen LogP contribution in [0, 0.1) is 6.92 Å². The van der Waals surface area contributed by atoms with Crippen LogP contribution < -0.4 is 10.6 Å². The maximum absolute atomic E-state index is 12.2. The van der Waals surface area contributed by atoms with Gasteiger partial charge in [0, 0.05) is 17.3 Å². The molecule has 0 spiro atoms. The van der Waals surface area contributed by atoms with Crippen LogP contribution in [-0.2, 0) is 6.54 Å². The van der Waals surface area contributed by atoms with Gasteiger partial charge >= 0.3 is 0 Å².